The van der Waals surface area contributed by atoms with Crippen LogP contribution in [0.2, 0.25) is 0 Å². The van der Waals surface area contributed by atoms with E-state index in [-0.39, 0.29) is 18.5 Å². The summed E-state index contributed by atoms with van der Waals surface area (Å²) in [6.45, 7) is 8.09. The second kappa shape index (κ2) is 10.0. The van der Waals surface area contributed by atoms with Crippen LogP contribution in [0.4, 0.5) is 16.2 Å². The van der Waals surface area contributed by atoms with E-state index in [0.29, 0.717) is 29.6 Å². The fourth-order valence-corrected chi connectivity index (χ4v) is 2.27. The zero-order valence-electron chi connectivity index (χ0n) is 15.6. The van der Waals surface area contributed by atoms with Gasteiger partial charge in [-0.15, -0.1) is 6.58 Å². The van der Waals surface area contributed by atoms with Gasteiger partial charge in [0.1, 0.15) is 5.75 Å². The molecule has 0 unspecified atom stereocenters. The van der Waals surface area contributed by atoms with E-state index in [1.54, 1.807) is 30.3 Å². The molecule has 0 aliphatic rings. The molecule has 0 fully saturated rings. The molecule has 0 radical (unpaired) electrons. The molecule has 0 saturated heterocycles. The van der Waals surface area contributed by atoms with Crippen LogP contribution in [0, 0.1) is 0 Å². The highest BCUT2D eigenvalue weighted by molar-refractivity contribution is 5.93. The second-order valence-electron chi connectivity index (χ2n) is 6.26. The Morgan fingerprint density at radius 2 is 1.59 bits per heavy atom. The van der Waals surface area contributed by atoms with E-state index in [1.807, 2.05) is 24.3 Å². The second-order valence-corrected chi connectivity index (χ2v) is 6.26. The van der Waals surface area contributed by atoms with E-state index in [0.717, 1.165) is 0 Å². The van der Waals surface area contributed by atoms with Gasteiger partial charge >= 0.3 is 6.03 Å². The molecule has 142 valence electrons. The van der Waals surface area contributed by atoms with Crippen molar-refractivity contribution in [2.24, 2.45) is 0 Å². The number of nitrogens with one attached hydrogen (secondary N) is 3. The number of carbonyl (C=O) groups is 2. The number of ether oxygens (including phenoxy) is 1. The predicted octanol–water partition coefficient (Wildman–Crippen LogP) is 4.14. The third kappa shape index (κ3) is 6.86. The Balaban J connectivity index is 1.79. The summed E-state index contributed by atoms with van der Waals surface area (Å²) >= 11 is 0. The fourth-order valence-electron chi connectivity index (χ4n) is 2.27. The van der Waals surface area contributed by atoms with Gasteiger partial charge in [-0.2, -0.15) is 0 Å². The lowest BCUT2D eigenvalue weighted by atomic mass is 10.0. The van der Waals surface area contributed by atoms with Crippen molar-refractivity contribution in [3.05, 3.63) is 66.7 Å². The molecule has 6 heteroatoms. The monoisotopic (exact) mass is 367 g/mol. The fraction of sp³-hybridized carbons (Fsp3) is 0.238. The number of benzene rings is 2. The average molecular weight is 367 g/mol. The lowest BCUT2D eigenvalue weighted by Gasteiger charge is -2.10. The third-order valence-corrected chi connectivity index (χ3v) is 3.75. The molecule has 0 aliphatic heterocycles. The number of urea groups is 1. The molecule has 0 aliphatic carbocycles. The molecule has 0 spiro atoms. The van der Waals surface area contributed by atoms with Crippen LogP contribution in [0.5, 0.6) is 5.75 Å². The molecular weight excluding hydrogens is 342 g/mol. The van der Waals surface area contributed by atoms with Gasteiger partial charge in [0.05, 0.1) is 0 Å². The van der Waals surface area contributed by atoms with Gasteiger partial charge in [0.15, 0.2) is 6.61 Å². The summed E-state index contributed by atoms with van der Waals surface area (Å²) < 4.78 is 5.50. The minimum atomic E-state index is -0.316. The first-order valence-corrected chi connectivity index (χ1v) is 8.76. The minimum Gasteiger partial charge on any atom is -0.484 e. The van der Waals surface area contributed by atoms with E-state index in [2.05, 4.69) is 36.4 Å². The molecule has 2 aromatic carbocycles. The summed E-state index contributed by atoms with van der Waals surface area (Å²) in [7, 11) is 0. The highest BCUT2D eigenvalue weighted by Gasteiger charge is 2.06. The molecular formula is C21H25N3O3. The van der Waals surface area contributed by atoms with Crippen LogP contribution < -0.4 is 20.7 Å². The third-order valence-electron chi connectivity index (χ3n) is 3.75. The Morgan fingerprint density at radius 3 is 2.15 bits per heavy atom. The van der Waals surface area contributed by atoms with Crippen LogP contribution in [0.15, 0.2) is 61.2 Å². The van der Waals surface area contributed by atoms with Crippen molar-refractivity contribution >= 4 is 23.3 Å². The largest absolute Gasteiger partial charge is 0.484 e. The molecule has 2 rings (SSSR count). The number of carbonyl (C=O) groups excluding carboxylic acids is 2. The summed E-state index contributed by atoms with van der Waals surface area (Å²) in [5, 5.41) is 8.05. The number of amides is 3. The molecule has 3 amide bonds. The normalized spacial score (nSPS) is 10.2. The SMILES string of the molecule is C=CCNC(=O)Nc1ccc(NC(=O)COc2ccc(C(C)C)cc2)cc1. The molecule has 27 heavy (non-hydrogen) atoms. The van der Waals surface area contributed by atoms with Gasteiger partial charge in [-0.25, -0.2) is 4.79 Å². The van der Waals surface area contributed by atoms with Crippen LogP contribution >= 0.6 is 0 Å². The van der Waals surface area contributed by atoms with E-state index in [1.165, 1.54) is 5.56 Å². The van der Waals surface area contributed by atoms with Crippen molar-refractivity contribution in [2.75, 3.05) is 23.8 Å². The van der Waals surface area contributed by atoms with Gasteiger partial charge in [-0.3, -0.25) is 4.79 Å². The molecule has 3 N–H and O–H groups in total. The number of hydrogen-bond acceptors (Lipinski definition) is 3. The first-order chi connectivity index (χ1) is 13.0. The van der Waals surface area contributed by atoms with Gasteiger partial charge in [-0.1, -0.05) is 32.1 Å². The zero-order valence-corrected chi connectivity index (χ0v) is 15.6. The van der Waals surface area contributed by atoms with Crippen molar-refractivity contribution in [3.63, 3.8) is 0 Å². The summed E-state index contributed by atoms with van der Waals surface area (Å²) in [4.78, 5) is 23.6. The Morgan fingerprint density at radius 1 is 1.00 bits per heavy atom. The van der Waals surface area contributed by atoms with Crippen LogP contribution in [0.1, 0.15) is 25.3 Å². The van der Waals surface area contributed by atoms with Gasteiger partial charge in [0.2, 0.25) is 0 Å². The summed E-state index contributed by atoms with van der Waals surface area (Å²) in [5.74, 6) is 0.847. The smallest absolute Gasteiger partial charge is 0.319 e. The lowest BCUT2D eigenvalue weighted by Crippen LogP contribution is -2.28. The Kier molecular flexibility index (Phi) is 7.43. The van der Waals surface area contributed by atoms with Crippen LogP contribution in [0.3, 0.4) is 0 Å². The number of rotatable bonds is 8. The van der Waals surface area contributed by atoms with Gasteiger partial charge in [0, 0.05) is 17.9 Å². The van der Waals surface area contributed by atoms with E-state index < -0.39 is 0 Å². The van der Waals surface area contributed by atoms with Gasteiger partial charge < -0.3 is 20.7 Å². The summed E-state index contributed by atoms with van der Waals surface area (Å²) in [6.07, 6.45) is 1.60. The maximum absolute atomic E-state index is 12.0. The van der Waals surface area contributed by atoms with E-state index in [4.69, 9.17) is 4.74 Å². The van der Waals surface area contributed by atoms with Crippen LogP contribution in [0.25, 0.3) is 0 Å². The van der Waals surface area contributed by atoms with Gasteiger partial charge in [-0.05, 0) is 47.9 Å². The van der Waals surface area contributed by atoms with Crippen molar-refractivity contribution < 1.29 is 14.3 Å². The van der Waals surface area contributed by atoms with Crippen molar-refractivity contribution in [3.8, 4) is 5.75 Å². The standard InChI is InChI=1S/C21H25N3O3/c1-4-13-22-21(26)24-18-9-7-17(8-10-18)23-20(25)14-27-19-11-5-16(6-12-19)15(2)3/h4-12,15H,1,13-14H2,2-3H3,(H,23,25)(H2,22,24,26). The zero-order chi connectivity index (χ0) is 19.6. The topological polar surface area (TPSA) is 79.5 Å². The maximum Gasteiger partial charge on any atom is 0.319 e. The molecule has 0 bridgehead atoms. The van der Waals surface area contributed by atoms with E-state index >= 15 is 0 Å². The molecule has 2 aromatic rings. The van der Waals surface area contributed by atoms with Crippen LogP contribution in [-0.4, -0.2) is 25.1 Å². The summed E-state index contributed by atoms with van der Waals surface area (Å²) in [5.41, 5.74) is 2.46. The first kappa shape index (κ1) is 20.0. The average Bonchev–Trinajstić information content (AvgIpc) is 2.66. The molecule has 0 aromatic heterocycles. The van der Waals surface area contributed by atoms with Crippen molar-refractivity contribution in [1.29, 1.82) is 0 Å². The van der Waals surface area contributed by atoms with E-state index in [9.17, 15) is 9.59 Å². The first-order valence-electron chi connectivity index (χ1n) is 8.76. The predicted molar refractivity (Wildman–Crippen MR) is 108 cm³/mol. The van der Waals surface area contributed by atoms with Crippen molar-refractivity contribution in [1.82, 2.24) is 5.32 Å². The molecule has 6 nitrogen and oxygen atoms in total. The highest BCUT2D eigenvalue weighted by Crippen LogP contribution is 2.18. The molecule has 0 heterocycles. The summed E-state index contributed by atoms with van der Waals surface area (Å²) in [6, 6.07) is 14.2. The number of anilines is 2. The maximum atomic E-state index is 12.0. The number of hydrogen-bond donors (Lipinski definition) is 3. The lowest BCUT2D eigenvalue weighted by molar-refractivity contribution is -0.118. The Labute approximate surface area is 159 Å². The molecule has 0 saturated carbocycles. The molecule has 0 atom stereocenters. The highest BCUT2D eigenvalue weighted by atomic mass is 16.5. The Bertz CT molecular complexity index is 768. The van der Waals surface area contributed by atoms with Gasteiger partial charge in [0.25, 0.3) is 5.91 Å². The Hall–Kier alpha value is -3.28. The van der Waals surface area contributed by atoms with Crippen LogP contribution in [-0.2, 0) is 4.79 Å². The minimum absolute atomic E-state index is 0.0784. The quantitative estimate of drug-likeness (QED) is 0.614. The van der Waals surface area contributed by atoms with Crippen molar-refractivity contribution in [2.45, 2.75) is 19.8 Å².